The number of para-hydroxylation sites is 1. The number of aromatic nitrogens is 3. The van der Waals surface area contributed by atoms with Crippen LogP contribution >= 0.6 is 23.4 Å². The third-order valence-corrected chi connectivity index (χ3v) is 6.12. The summed E-state index contributed by atoms with van der Waals surface area (Å²) in [6, 6.07) is 17.7. The normalized spacial score (nSPS) is 10.9. The van der Waals surface area contributed by atoms with Crippen LogP contribution in [-0.2, 0) is 4.79 Å². The smallest absolute Gasteiger partial charge is 0.222 e. The molecule has 0 aliphatic carbocycles. The summed E-state index contributed by atoms with van der Waals surface area (Å²) in [5.41, 5.74) is 1.96. The highest BCUT2D eigenvalue weighted by atomic mass is 35.5. The highest BCUT2D eigenvalue weighted by molar-refractivity contribution is 7.99. The van der Waals surface area contributed by atoms with E-state index in [1.54, 1.807) is 11.8 Å². The molecule has 1 aromatic heterocycles. The molecule has 0 radical (unpaired) electrons. The fourth-order valence-electron chi connectivity index (χ4n) is 3.41. The first-order chi connectivity index (χ1) is 15.1. The Bertz CT molecular complexity index is 953. The molecule has 0 fully saturated rings. The van der Waals surface area contributed by atoms with E-state index in [1.165, 1.54) is 0 Å². The molecule has 1 heterocycles. The van der Waals surface area contributed by atoms with Gasteiger partial charge in [0.25, 0.3) is 0 Å². The second kappa shape index (κ2) is 11.9. The van der Waals surface area contributed by atoms with Gasteiger partial charge in [0.1, 0.15) is 0 Å². The fourth-order valence-corrected chi connectivity index (χ4v) is 4.42. The molecular weight excluding hydrogens is 428 g/mol. The van der Waals surface area contributed by atoms with E-state index in [1.807, 2.05) is 59.5 Å². The van der Waals surface area contributed by atoms with Gasteiger partial charge in [-0.1, -0.05) is 55.4 Å². The molecule has 3 aromatic rings. The summed E-state index contributed by atoms with van der Waals surface area (Å²) in [4.78, 5) is 14.5. The van der Waals surface area contributed by atoms with Crippen molar-refractivity contribution in [2.24, 2.45) is 0 Å². The zero-order valence-corrected chi connectivity index (χ0v) is 19.7. The summed E-state index contributed by atoms with van der Waals surface area (Å²) < 4.78 is 2.07. The lowest BCUT2D eigenvalue weighted by molar-refractivity contribution is -0.131. The van der Waals surface area contributed by atoms with Crippen LogP contribution < -0.4 is 0 Å². The number of nitrogens with zero attached hydrogens (tertiary/aromatic N) is 4. The van der Waals surface area contributed by atoms with Crippen LogP contribution in [0.4, 0.5) is 0 Å². The van der Waals surface area contributed by atoms with Gasteiger partial charge in [0.2, 0.25) is 5.91 Å². The van der Waals surface area contributed by atoms with Gasteiger partial charge in [-0.15, -0.1) is 10.2 Å². The third-order valence-electron chi connectivity index (χ3n) is 4.86. The first-order valence-corrected chi connectivity index (χ1v) is 12.2. The van der Waals surface area contributed by atoms with Crippen LogP contribution in [0.15, 0.2) is 59.8 Å². The summed E-state index contributed by atoms with van der Waals surface area (Å²) in [7, 11) is 0. The molecule has 0 aliphatic heterocycles. The SMILES string of the molecule is CCCN(CCC)C(=O)CCCSc1nnc(-c2ccc(Cl)cc2)n1-c1ccccc1. The molecule has 0 saturated carbocycles. The Morgan fingerprint density at radius 1 is 1.00 bits per heavy atom. The van der Waals surface area contributed by atoms with E-state index in [0.717, 1.165) is 60.3 Å². The van der Waals surface area contributed by atoms with Gasteiger partial charge >= 0.3 is 0 Å². The maximum absolute atomic E-state index is 12.5. The molecule has 3 rings (SSSR count). The summed E-state index contributed by atoms with van der Waals surface area (Å²) >= 11 is 7.69. The van der Waals surface area contributed by atoms with Gasteiger partial charge in [-0.2, -0.15) is 0 Å². The molecule has 0 aliphatic rings. The molecule has 164 valence electrons. The average molecular weight is 457 g/mol. The molecule has 0 N–H and O–H groups in total. The van der Waals surface area contributed by atoms with Crippen molar-refractivity contribution in [2.45, 2.75) is 44.7 Å². The number of benzene rings is 2. The predicted molar refractivity (Wildman–Crippen MR) is 129 cm³/mol. The zero-order valence-electron chi connectivity index (χ0n) is 18.1. The van der Waals surface area contributed by atoms with Gasteiger partial charge < -0.3 is 4.90 Å². The van der Waals surface area contributed by atoms with Gasteiger partial charge in [0.15, 0.2) is 11.0 Å². The Labute approximate surface area is 193 Å². The molecule has 0 spiro atoms. The highest BCUT2D eigenvalue weighted by Crippen LogP contribution is 2.29. The second-order valence-electron chi connectivity index (χ2n) is 7.32. The Morgan fingerprint density at radius 3 is 2.32 bits per heavy atom. The van der Waals surface area contributed by atoms with Gasteiger partial charge in [-0.25, -0.2) is 0 Å². The van der Waals surface area contributed by atoms with Crippen LogP contribution in [0, 0.1) is 0 Å². The number of carbonyl (C=O) groups is 1. The van der Waals surface area contributed by atoms with Crippen LogP contribution in [0.2, 0.25) is 5.02 Å². The van der Waals surface area contributed by atoms with Crippen molar-refractivity contribution in [3.05, 3.63) is 59.6 Å². The molecule has 0 saturated heterocycles. The predicted octanol–water partition coefficient (Wildman–Crippen LogP) is 6.11. The van der Waals surface area contributed by atoms with E-state index in [-0.39, 0.29) is 5.91 Å². The number of carbonyl (C=O) groups excluding carboxylic acids is 1. The number of halogens is 1. The number of hydrogen-bond acceptors (Lipinski definition) is 4. The molecule has 0 bridgehead atoms. The van der Waals surface area contributed by atoms with Crippen molar-refractivity contribution >= 4 is 29.3 Å². The summed E-state index contributed by atoms with van der Waals surface area (Å²) in [5.74, 6) is 1.83. The maximum Gasteiger partial charge on any atom is 0.222 e. The van der Waals surface area contributed by atoms with Crippen molar-refractivity contribution in [2.75, 3.05) is 18.8 Å². The third kappa shape index (κ3) is 6.34. The monoisotopic (exact) mass is 456 g/mol. The van der Waals surface area contributed by atoms with Crippen molar-refractivity contribution in [3.63, 3.8) is 0 Å². The van der Waals surface area contributed by atoms with E-state index in [9.17, 15) is 4.79 Å². The first-order valence-electron chi connectivity index (χ1n) is 10.8. The minimum Gasteiger partial charge on any atom is -0.343 e. The Morgan fingerprint density at radius 2 is 1.68 bits per heavy atom. The van der Waals surface area contributed by atoms with Crippen LogP contribution in [-0.4, -0.2) is 44.4 Å². The number of amides is 1. The Kier molecular flexibility index (Phi) is 8.98. The summed E-state index contributed by atoms with van der Waals surface area (Å²) in [6.07, 6.45) is 3.37. The Hall–Kier alpha value is -2.31. The van der Waals surface area contributed by atoms with E-state index in [2.05, 4.69) is 28.6 Å². The molecular formula is C24H29ClN4OS. The van der Waals surface area contributed by atoms with E-state index < -0.39 is 0 Å². The van der Waals surface area contributed by atoms with Crippen LogP contribution in [0.5, 0.6) is 0 Å². The van der Waals surface area contributed by atoms with Crippen molar-refractivity contribution in [3.8, 4) is 17.1 Å². The van der Waals surface area contributed by atoms with Crippen LogP contribution in [0.3, 0.4) is 0 Å². The minimum atomic E-state index is 0.246. The Balaban J connectivity index is 1.71. The molecule has 5 nitrogen and oxygen atoms in total. The van der Waals surface area contributed by atoms with Gasteiger partial charge in [0.05, 0.1) is 0 Å². The summed E-state index contributed by atoms with van der Waals surface area (Å²) in [5, 5.41) is 10.4. The van der Waals surface area contributed by atoms with Gasteiger partial charge in [-0.05, 0) is 55.7 Å². The van der Waals surface area contributed by atoms with Crippen molar-refractivity contribution in [1.29, 1.82) is 0 Å². The topological polar surface area (TPSA) is 51.0 Å². The number of rotatable bonds is 11. The average Bonchev–Trinajstić information content (AvgIpc) is 3.21. The molecule has 7 heteroatoms. The molecule has 31 heavy (non-hydrogen) atoms. The van der Waals surface area contributed by atoms with Crippen LogP contribution in [0.1, 0.15) is 39.5 Å². The van der Waals surface area contributed by atoms with E-state index >= 15 is 0 Å². The lowest BCUT2D eigenvalue weighted by atomic mass is 10.2. The van der Waals surface area contributed by atoms with Crippen molar-refractivity contribution < 1.29 is 4.79 Å². The fraction of sp³-hybridized carbons (Fsp3) is 0.375. The highest BCUT2D eigenvalue weighted by Gasteiger charge is 2.17. The first kappa shape index (κ1) is 23.4. The standard InChI is InChI=1S/C24H29ClN4OS/c1-3-16-28(17-4-2)22(30)11-8-18-31-24-27-26-23(19-12-14-20(25)15-13-19)29(24)21-9-6-5-7-10-21/h5-7,9-10,12-15H,3-4,8,11,16-18H2,1-2H3. The number of hydrogen-bond donors (Lipinski definition) is 0. The summed E-state index contributed by atoms with van der Waals surface area (Å²) in [6.45, 7) is 5.90. The molecule has 0 atom stereocenters. The van der Waals surface area contributed by atoms with E-state index in [4.69, 9.17) is 11.6 Å². The maximum atomic E-state index is 12.5. The molecule has 2 aromatic carbocycles. The van der Waals surface area contributed by atoms with Crippen molar-refractivity contribution in [1.82, 2.24) is 19.7 Å². The minimum absolute atomic E-state index is 0.246. The second-order valence-corrected chi connectivity index (χ2v) is 8.82. The van der Waals surface area contributed by atoms with Gasteiger partial charge in [0, 0.05) is 41.5 Å². The van der Waals surface area contributed by atoms with Gasteiger partial charge in [-0.3, -0.25) is 9.36 Å². The largest absolute Gasteiger partial charge is 0.343 e. The van der Waals surface area contributed by atoms with E-state index in [0.29, 0.717) is 11.4 Å². The molecule has 0 unspecified atom stereocenters. The zero-order chi connectivity index (χ0) is 22.1. The number of thioether (sulfide) groups is 1. The molecule has 1 amide bonds. The quantitative estimate of drug-likeness (QED) is 0.258. The van der Waals surface area contributed by atoms with Crippen LogP contribution in [0.25, 0.3) is 17.1 Å². The lowest BCUT2D eigenvalue weighted by Gasteiger charge is -2.21. The lowest BCUT2D eigenvalue weighted by Crippen LogP contribution is -2.32.